The zero-order chi connectivity index (χ0) is 21.3. The molecule has 0 saturated heterocycles. The second-order valence-electron chi connectivity index (χ2n) is 7.97. The maximum atomic E-state index is 14.2. The van der Waals surface area contributed by atoms with Gasteiger partial charge in [-0.1, -0.05) is 50.5 Å². The molecule has 1 aliphatic rings. The van der Waals surface area contributed by atoms with E-state index in [-0.39, 0.29) is 24.5 Å². The molecule has 0 aliphatic heterocycles. The monoisotopic (exact) mass is 414 g/mol. The second kappa shape index (κ2) is 11.1. The minimum absolute atomic E-state index is 0.0305. The van der Waals surface area contributed by atoms with Crippen molar-refractivity contribution in [2.24, 2.45) is 5.92 Å². The van der Waals surface area contributed by atoms with E-state index in [4.69, 9.17) is 9.47 Å². The van der Waals surface area contributed by atoms with Gasteiger partial charge in [0.05, 0.1) is 6.61 Å². The van der Waals surface area contributed by atoms with Crippen molar-refractivity contribution in [1.29, 1.82) is 0 Å². The van der Waals surface area contributed by atoms with Crippen molar-refractivity contribution in [2.45, 2.75) is 64.9 Å². The lowest BCUT2D eigenvalue weighted by molar-refractivity contribution is 0.289. The quantitative estimate of drug-likeness (QED) is 0.295. The fraction of sp³-hybridized carbons (Fsp3) is 0.462. The van der Waals surface area contributed by atoms with Gasteiger partial charge in [0.2, 0.25) is 5.82 Å². The molecule has 4 heteroatoms. The number of hydrogen-bond acceptors (Lipinski definition) is 2. The molecular formula is C26H32F2O2. The molecule has 0 spiro atoms. The van der Waals surface area contributed by atoms with E-state index in [1.54, 1.807) is 6.92 Å². The van der Waals surface area contributed by atoms with Crippen LogP contribution in [0, 0.1) is 17.6 Å². The van der Waals surface area contributed by atoms with Crippen molar-refractivity contribution in [3.05, 3.63) is 71.3 Å². The van der Waals surface area contributed by atoms with Gasteiger partial charge in [-0.05, 0) is 61.9 Å². The van der Waals surface area contributed by atoms with Crippen LogP contribution in [0.4, 0.5) is 8.78 Å². The van der Waals surface area contributed by atoms with Crippen LogP contribution < -0.4 is 9.47 Å². The maximum absolute atomic E-state index is 14.2. The Morgan fingerprint density at radius 1 is 0.867 bits per heavy atom. The molecule has 0 bridgehead atoms. The number of unbranched alkanes of at least 4 members (excludes halogenated alkanes) is 2. The van der Waals surface area contributed by atoms with Crippen LogP contribution in [0.1, 0.15) is 69.4 Å². The minimum Gasteiger partial charge on any atom is -0.491 e. The first-order valence-electron chi connectivity index (χ1n) is 11.1. The van der Waals surface area contributed by atoms with Crippen molar-refractivity contribution in [3.8, 4) is 11.5 Å². The summed E-state index contributed by atoms with van der Waals surface area (Å²) in [5.74, 6) is -0.149. The Balaban J connectivity index is 1.54. The molecule has 0 amide bonds. The van der Waals surface area contributed by atoms with Crippen LogP contribution in [0.2, 0.25) is 0 Å². The van der Waals surface area contributed by atoms with Gasteiger partial charge in [0.25, 0.3) is 0 Å². The van der Waals surface area contributed by atoms with Crippen LogP contribution in [-0.2, 0) is 6.61 Å². The van der Waals surface area contributed by atoms with Crippen molar-refractivity contribution in [2.75, 3.05) is 6.61 Å². The summed E-state index contributed by atoms with van der Waals surface area (Å²) in [7, 11) is 0. The zero-order valence-electron chi connectivity index (χ0n) is 18.0. The standard InChI is InChI=1S/C26H32F2O2/c1-3-5-6-7-19-8-10-20(11-9-19)21-12-15-23(16-13-21)30-18-22-14-17-24(29-4-2)26(28)25(22)27/h8,10,12-17,19-20H,3-7,9,11,18H2,1-2H3. The summed E-state index contributed by atoms with van der Waals surface area (Å²) in [6.45, 7) is 4.23. The lowest BCUT2D eigenvalue weighted by Gasteiger charge is -2.23. The molecule has 0 saturated carbocycles. The third kappa shape index (κ3) is 5.84. The molecule has 2 aromatic rings. The highest BCUT2D eigenvalue weighted by Crippen LogP contribution is 2.33. The summed E-state index contributed by atoms with van der Waals surface area (Å²) >= 11 is 0. The van der Waals surface area contributed by atoms with E-state index in [9.17, 15) is 8.78 Å². The molecule has 162 valence electrons. The van der Waals surface area contributed by atoms with Crippen molar-refractivity contribution in [3.63, 3.8) is 0 Å². The van der Waals surface area contributed by atoms with Gasteiger partial charge >= 0.3 is 0 Å². The molecule has 0 N–H and O–H groups in total. The Morgan fingerprint density at radius 2 is 1.67 bits per heavy atom. The topological polar surface area (TPSA) is 18.5 Å². The molecule has 2 nitrogen and oxygen atoms in total. The molecule has 0 fully saturated rings. The van der Waals surface area contributed by atoms with Crippen molar-refractivity contribution in [1.82, 2.24) is 0 Å². The van der Waals surface area contributed by atoms with E-state index < -0.39 is 11.6 Å². The summed E-state index contributed by atoms with van der Waals surface area (Å²) in [6.07, 6.45) is 12.4. The second-order valence-corrected chi connectivity index (χ2v) is 7.97. The van der Waals surface area contributed by atoms with E-state index in [1.807, 2.05) is 12.1 Å². The van der Waals surface area contributed by atoms with E-state index in [0.29, 0.717) is 11.7 Å². The Labute approximate surface area is 178 Å². The highest BCUT2D eigenvalue weighted by Gasteiger charge is 2.17. The Kier molecular flexibility index (Phi) is 8.30. The van der Waals surface area contributed by atoms with Gasteiger partial charge in [-0.25, -0.2) is 4.39 Å². The van der Waals surface area contributed by atoms with Crippen LogP contribution in [0.15, 0.2) is 48.6 Å². The molecular weight excluding hydrogens is 382 g/mol. The van der Waals surface area contributed by atoms with Gasteiger partial charge in [0, 0.05) is 11.5 Å². The highest BCUT2D eigenvalue weighted by atomic mass is 19.2. The van der Waals surface area contributed by atoms with E-state index >= 15 is 0 Å². The predicted octanol–water partition coefficient (Wildman–Crippen LogP) is 7.57. The highest BCUT2D eigenvalue weighted by molar-refractivity contribution is 5.34. The van der Waals surface area contributed by atoms with Gasteiger partial charge in [-0.3, -0.25) is 0 Å². The van der Waals surface area contributed by atoms with E-state index in [2.05, 4.69) is 31.2 Å². The molecule has 2 aromatic carbocycles. The summed E-state index contributed by atoms with van der Waals surface area (Å²) < 4.78 is 38.9. The van der Waals surface area contributed by atoms with Crippen LogP contribution in [0.3, 0.4) is 0 Å². The van der Waals surface area contributed by atoms with Gasteiger partial charge in [0.15, 0.2) is 11.6 Å². The molecule has 0 aromatic heterocycles. The summed E-state index contributed by atoms with van der Waals surface area (Å²) in [6, 6.07) is 10.9. The fourth-order valence-electron chi connectivity index (χ4n) is 3.97. The average Bonchev–Trinajstić information content (AvgIpc) is 2.78. The molecule has 2 unspecified atom stereocenters. The Hall–Kier alpha value is -2.36. The molecule has 0 radical (unpaired) electrons. The van der Waals surface area contributed by atoms with E-state index in [0.717, 1.165) is 5.92 Å². The smallest absolute Gasteiger partial charge is 0.201 e. The van der Waals surface area contributed by atoms with Crippen LogP contribution in [0.25, 0.3) is 0 Å². The number of hydrogen-bond donors (Lipinski definition) is 0. The number of ether oxygens (including phenoxy) is 2. The third-order valence-corrected chi connectivity index (χ3v) is 5.77. The third-order valence-electron chi connectivity index (χ3n) is 5.77. The van der Waals surface area contributed by atoms with Crippen LogP contribution >= 0.6 is 0 Å². The molecule has 0 heterocycles. The molecule has 2 atom stereocenters. The summed E-state index contributed by atoms with van der Waals surface area (Å²) in [4.78, 5) is 0. The lowest BCUT2D eigenvalue weighted by Crippen LogP contribution is -2.08. The lowest BCUT2D eigenvalue weighted by atomic mass is 9.82. The van der Waals surface area contributed by atoms with Gasteiger partial charge in [-0.15, -0.1) is 0 Å². The SMILES string of the molecule is CCCCCC1C=CC(c2ccc(OCc3ccc(OCC)c(F)c3F)cc2)CC1. The van der Waals surface area contributed by atoms with Gasteiger partial charge in [-0.2, -0.15) is 4.39 Å². The minimum atomic E-state index is -0.967. The Morgan fingerprint density at radius 3 is 2.33 bits per heavy atom. The Bertz CT molecular complexity index is 830. The number of halogens is 2. The number of allylic oxidation sites excluding steroid dienone is 2. The number of rotatable bonds is 10. The molecule has 30 heavy (non-hydrogen) atoms. The fourth-order valence-corrected chi connectivity index (χ4v) is 3.97. The molecule has 1 aliphatic carbocycles. The van der Waals surface area contributed by atoms with Crippen LogP contribution in [-0.4, -0.2) is 6.61 Å². The first-order valence-corrected chi connectivity index (χ1v) is 11.1. The van der Waals surface area contributed by atoms with Crippen molar-refractivity contribution >= 4 is 0 Å². The number of benzene rings is 2. The van der Waals surface area contributed by atoms with E-state index in [1.165, 1.54) is 56.2 Å². The zero-order valence-corrected chi connectivity index (χ0v) is 18.0. The summed E-state index contributed by atoms with van der Waals surface area (Å²) in [5, 5.41) is 0. The largest absolute Gasteiger partial charge is 0.491 e. The van der Waals surface area contributed by atoms with Gasteiger partial charge in [0.1, 0.15) is 12.4 Å². The van der Waals surface area contributed by atoms with Gasteiger partial charge < -0.3 is 9.47 Å². The predicted molar refractivity (Wildman–Crippen MR) is 117 cm³/mol. The first-order chi connectivity index (χ1) is 14.6. The van der Waals surface area contributed by atoms with Crippen molar-refractivity contribution < 1.29 is 18.3 Å². The maximum Gasteiger partial charge on any atom is 0.201 e. The molecule has 3 rings (SSSR count). The normalized spacial score (nSPS) is 18.4. The van der Waals surface area contributed by atoms with Crippen LogP contribution in [0.5, 0.6) is 11.5 Å². The summed E-state index contributed by atoms with van der Waals surface area (Å²) in [5.41, 5.74) is 1.44. The first kappa shape index (κ1) is 22.3. The average molecular weight is 415 g/mol.